The summed E-state index contributed by atoms with van der Waals surface area (Å²) in [4.78, 5) is 31.8. The lowest BCUT2D eigenvalue weighted by Crippen LogP contribution is -2.45. The Hall–Kier alpha value is -3.16. The third kappa shape index (κ3) is 2.90. The highest BCUT2D eigenvalue weighted by molar-refractivity contribution is 5.75. The van der Waals surface area contributed by atoms with Gasteiger partial charge in [-0.25, -0.2) is 4.39 Å². The summed E-state index contributed by atoms with van der Waals surface area (Å²) in [6.07, 6.45) is 7.41. The Labute approximate surface area is 165 Å². The van der Waals surface area contributed by atoms with Crippen molar-refractivity contribution < 1.29 is 8.81 Å². The minimum atomic E-state index is -0.642. The van der Waals surface area contributed by atoms with E-state index in [1.165, 1.54) is 28.3 Å². The molecule has 2 aliphatic rings. The van der Waals surface area contributed by atoms with Crippen molar-refractivity contribution in [2.75, 3.05) is 18.0 Å². The summed E-state index contributed by atoms with van der Waals surface area (Å²) in [6, 6.07) is 4.66. The van der Waals surface area contributed by atoms with Gasteiger partial charge in [-0.3, -0.25) is 14.2 Å². The summed E-state index contributed by atoms with van der Waals surface area (Å²) in [5, 5.41) is 0.893. The molecular formula is C21H21FN4O3. The van der Waals surface area contributed by atoms with Crippen molar-refractivity contribution in [2.45, 2.75) is 31.7 Å². The first-order valence-electron chi connectivity index (χ1n) is 9.86. The zero-order valence-electron chi connectivity index (χ0n) is 16.1. The Balaban J connectivity index is 1.48. The first-order chi connectivity index (χ1) is 14.0. The average Bonchev–Trinajstić information content (AvgIpc) is 3.17. The normalized spacial score (nSPS) is 17.1. The minimum absolute atomic E-state index is 0.136. The van der Waals surface area contributed by atoms with Gasteiger partial charge >= 0.3 is 11.1 Å². The molecule has 29 heavy (non-hydrogen) atoms. The van der Waals surface area contributed by atoms with Crippen LogP contribution in [0, 0.1) is 5.82 Å². The third-order valence-corrected chi connectivity index (χ3v) is 5.87. The maximum atomic E-state index is 13.7. The predicted molar refractivity (Wildman–Crippen MR) is 108 cm³/mol. The van der Waals surface area contributed by atoms with Gasteiger partial charge in [-0.15, -0.1) is 0 Å². The first-order valence-corrected chi connectivity index (χ1v) is 9.86. The lowest BCUT2D eigenvalue weighted by molar-refractivity contribution is 0.376. The second kappa shape index (κ2) is 6.72. The third-order valence-electron chi connectivity index (χ3n) is 5.87. The SMILES string of the molecule is Cn1c(=O)c(=O)n(C2CCN(c3nc4c(o3)=CCCC=4)CC2)c2ccc(F)cc21. The van der Waals surface area contributed by atoms with Crippen LogP contribution in [0.2, 0.25) is 0 Å². The van der Waals surface area contributed by atoms with Crippen LogP contribution in [-0.4, -0.2) is 27.2 Å². The van der Waals surface area contributed by atoms with Crippen LogP contribution in [0.1, 0.15) is 31.7 Å². The summed E-state index contributed by atoms with van der Waals surface area (Å²) in [7, 11) is 1.50. The molecule has 0 amide bonds. The van der Waals surface area contributed by atoms with Gasteiger partial charge in [-0.05, 0) is 50.0 Å². The summed E-state index contributed by atoms with van der Waals surface area (Å²) < 4.78 is 22.4. The number of hydrogen-bond donors (Lipinski definition) is 0. The molecule has 8 heteroatoms. The van der Waals surface area contributed by atoms with Crippen molar-refractivity contribution in [1.29, 1.82) is 0 Å². The summed E-state index contributed by atoms with van der Waals surface area (Å²) >= 11 is 0. The highest BCUT2D eigenvalue weighted by Gasteiger charge is 2.26. The highest BCUT2D eigenvalue weighted by atomic mass is 19.1. The number of aromatic nitrogens is 3. The van der Waals surface area contributed by atoms with Crippen LogP contribution in [-0.2, 0) is 7.05 Å². The van der Waals surface area contributed by atoms with E-state index in [1.54, 1.807) is 6.07 Å². The van der Waals surface area contributed by atoms with Gasteiger partial charge in [0, 0.05) is 26.2 Å². The molecule has 0 radical (unpaired) electrons. The van der Waals surface area contributed by atoms with Crippen molar-refractivity contribution in [3.8, 4) is 0 Å². The first kappa shape index (κ1) is 17.9. The predicted octanol–water partition coefficient (Wildman–Crippen LogP) is 1.02. The molecule has 150 valence electrons. The van der Waals surface area contributed by atoms with E-state index < -0.39 is 16.9 Å². The molecule has 0 unspecified atom stereocenters. The number of anilines is 1. The van der Waals surface area contributed by atoms with E-state index in [0.29, 0.717) is 43.0 Å². The molecular weight excluding hydrogens is 375 g/mol. The quantitative estimate of drug-likeness (QED) is 0.605. The standard InChI is InChI=1S/C21H21FN4O3/c1-24-17-12-13(22)6-7-16(17)26(20(28)19(24)27)14-8-10-25(11-9-14)21-23-15-4-2-3-5-18(15)29-21/h4-7,12,14H,2-3,8-11H2,1H3. The summed E-state index contributed by atoms with van der Waals surface area (Å²) in [5.41, 5.74) is 0.609. The van der Waals surface area contributed by atoms with Gasteiger partial charge in [0.2, 0.25) is 0 Å². The fourth-order valence-electron chi connectivity index (χ4n) is 4.31. The second-order valence-electron chi connectivity index (χ2n) is 7.62. The van der Waals surface area contributed by atoms with Gasteiger partial charge in [-0.2, -0.15) is 4.98 Å². The topological polar surface area (TPSA) is 73.3 Å². The molecule has 3 aromatic rings. The van der Waals surface area contributed by atoms with Crippen LogP contribution in [0.5, 0.6) is 0 Å². The Morgan fingerprint density at radius 2 is 1.83 bits per heavy atom. The summed E-state index contributed by atoms with van der Waals surface area (Å²) in [5.74, 6) is -0.436. The molecule has 1 aromatic carbocycles. The van der Waals surface area contributed by atoms with E-state index in [2.05, 4.69) is 22.0 Å². The van der Waals surface area contributed by atoms with Crippen LogP contribution in [0.4, 0.5) is 10.4 Å². The number of benzene rings is 1. The molecule has 1 fully saturated rings. The van der Waals surface area contributed by atoms with E-state index >= 15 is 0 Å². The fraction of sp³-hybridized carbons (Fsp3) is 0.381. The van der Waals surface area contributed by atoms with E-state index in [-0.39, 0.29) is 6.04 Å². The molecule has 1 aliphatic carbocycles. The Morgan fingerprint density at radius 3 is 2.59 bits per heavy atom. The van der Waals surface area contributed by atoms with Gasteiger partial charge in [0.15, 0.2) is 5.42 Å². The van der Waals surface area contributed by atoms with Crippen LogP contribution < -0.4 is 26.8 Å². The van der Waals surface area contributed by atoms with Crippen LogP contribution in [0.15, 0.2) is 32.2 Å². The molecule has 2 aromatic heterocycles. The van der Waals surface area contributed by atoms with Gasteiger partial charge < -0.3 is 13.9 Å². The maximum Gasteiger partial charge on any atom is 0.317 e. The van der Waals surface area contributed by atoms with Crippen molar-refractivity contribution >= 4 is 29.2 Å². The van der Waals surface area contributed by atoms with Crippen molar-refractivity contribution in [2.24, 2.45) is 7.05 Å². The monoisotopic (exact) mass is 396 g/mol. The lowest BCUT2D eigenvalue weighted by atomic mass is 10.0. The number of halogens is 1. The lowest BCUT2D eigenvalue weighted by Gasteiger charge is -2.32. The number of piperidine rings is 1. The van der Waals surface area contributed by atoms with Crippen molar-refractivity contribution in [3.05, 3.63) is 55.5 Å². The Bertz CT molecular complexity index is 1310. The minimum Gasteiger partial charge on any atom is -0.424 e. The van der Waals surface area contributed by atoms with Crippen molar-refractivity contribution in [1.82, 2.24) is 14.1 Å². The fourth-order valence-corrected chi connectivity index (χ4v) is 4.31. The molecule has 7 nitrogen and oxygen atoms in total. The zero-order valence-corrected chi connectivity index (χ0v) is 16.1. The Morgan fingerprint density at radius 1 is 1.07 bits per heavy atom. The molecule has 0 bridgehead atoms. The van der Waals surface area contributed by atoms with Crippen LogP contribution in [0.25, 0.3) is 23.2 Å². The zero-order chi connectivity index (χ0) is 20.1. The number of aryl methyl sites for hydroxylation is 1. The van der Waals surface area contributed by atoms with Gasteiger partial charge in [-0.1, -0.05) is 6.08 Å². The van der Waals surface area contributed by atoms with Gasteiger partial charge in [0.25, 0.3) is 6.01 Å². The highest BCUT2D eigenvalue weighted by Crippen LogP contribution is 2.26. The number of hydrogen-bond acceptors (Lipinski definition) is 5. The second-order valence-corrected chi connectivity index (χ2v) is 7.62. The maximum absolute atomic E-state index is 13.7. The Kier molecular flexibility index (Phi) is 4.15. The van der Waals surface area contributed by atoms with Crippen LogP contribution >= 0.6 is 0 Å². The van der Waals surface area contributed by atoms with Crippen LogP contribution in [0.3, 0.4) is 0 Å². The number of fused-ring (bicyclic) bond motifs is 2. The molecule has 3 heterocycles. The smallest absolute Gasteiger partial charge is 0.317 e. The largest absolute Gasteiger partial charge is 0.424 e. The number of nitrogens with zero attached hydrogens (tertiary/aromatic N) is 4. The summed E-state index contributed by atoms with van der Waals surface area (Å²) in [6.45, 7) is 1.32. The number of rotatable bonds is 2. The number of oxazole rings is 1. The van der Waals surface area contributed by atoms with Crippen molar-refractivity contribution in [3.63, 3.8) is 0 Å². The average molecular weight is 396 g/mol. The van der Waals surface area contributed by atoms with Gasteiger partial charge in [0.1, 0.15) is 11.2 Å². The molecule has 1 saturated heterocycles. The molecule has 0 saturated carbocycles. The van der Waals surface area contributed by atoms with Gasteiger partial charge in [0.05, 0.1) is 11.0 Å². The molecule has 0 N–H and O–H groups in total. The molecule has 0 atom stereocenters. The molecule has 1 aliphatic heterocycles. The molecule has 5 rings (SSSR count). The molecule has 0 spiro atoms. The van der Waals surface area contributed by atoms with E-state index in [9.17, 15) is 14.0 Å². The van der Waals surface area contributed by atoms with E-state index in [1.807, 2.05) is 0 Å². The van der Waals surface area contributed by atoms with E-state index in [4.69, 9.17) is 4.42 Å². The van der Waals surface area contributed by atoms with E-state index in [0.717, 1.165) is 23.6 Å².